The molecule has 1 aliphatic rings. The minimum atomic E-state index is -1.32. The lowest BCUT2D eigenvalue weighted by molar-refractivity contribution is -0.135. The van der Waals surface area contributed by atoms with Gasteiger partial charge in [0, 0.05) is 5.69 Å². The summed E-state index contributed by atoms with van der Waals surface area (Å²) < 4.78 is 0. The van der Waals surface area contributed by atoms with Crippen molar-refractivity contribution < 1.29 is 14.4 Å². The summed E-state index contributed by atoms with van der Waals surface area (Å²) in [6.07, 6.45) is 1.85. The van der Waals surface area contributed by atoms with E-state index in [1.165, 1.54) is 0 Å². The van der Waals surface area contributed by atoms with E-state index in [0.717, 1.165) is 5.56 Å². The van der Waals surface area contributed by atoms with E-state index >= 15 is 0 Å². The first kappa shape index (κ1) is 16.9. The highest BCUT2D eigenvalue weighted by Gasteiger charge is 2.52. The van der Waals surface area contributed by atoms with Crippen molar-refractivity contribution >= 4 is 23.3 Å². The number of amides is 2. The average Bonchev–Trinajstić information content (AvgIpc) is 2.69. The highest BCUT2D eigenvalue weighted by molar-refractivity contribution is 6.27. The highest BCUT2D eigenvalue weighted by Crippen LogP contribution is 2.26. The van der Waals surface area contributed by atoms with Crippen LogP contribution in [0.5, 0.6) is 0 Å². The molecule has 1 aromatic carbocycles. The minimum Gasteiger partial charge on any atom is -0.342 e. The maximum atomic E-state index is 12.4. The van der Waals surface area contributed by atoms with Crippen LogP contribution >= 0.6 is 0 Å². The third-order valence-corrected chi connectivity index (χ3v) is 4.13. The molecule has 122 valence electrons. The summed E-state index contributed by atoms with van der Waals surface area (Å²) in [4.78, 5) is 36.8. The molecule has 2 atom stereocenters. The summed E-state index contributed by atoms with van der Waals surface area (Å²) in [5.41, 5.74) is 0.663. The molecule has 0 aliphatic carbocycles. The zero-order chi connectivity index (χ0) is 17.2. The number of anilines is 1. The number of benzene rings is 1. The molecule has 1 fully saturated rings. The van der Waals surface area contributed by atoms with E-state index in [4.69, 9.17) is 0 Å². The van der Waals surface area contributed by atoms with E-state index in [9.17, 15) is 14.4 Å². The van der Waals surface area contributed by atoms with Crippen LogP contribution in [0, 0.1) is 5.92 Å². The lowest BCUT2D eigenvalue weighted by atomic mass is 9.89. The number of rotatable bonds is 5. The van der Waals surface area contributed by atoms with Crippen molar-refractivity contribution in [1.82, 2.24) is 5.32 Å². The van der Waals surface area contributed by atoms with Crippen LogP contribution in [0.4, 0.5) is 5.69 Å². The molecule has 2 unspecified atom stereocenters. The van der Waals surface area contributed by atoms with Crippen molar-refractivity contribution in [2.75, 3.05) is 5.32 Å². The molecular formula is C18H22N2O3. The third kappa shape index (κ3) is 3.33. The van der Waals surface area contributed by atoms with E-state index in [0.29, 0.717) is 18.0 Å². The van der Waals surface area contributed by atoms with Gasteiger partial charge in [-0.05, 0) is 37.0 Å². The Hall–Kier alpha value is -2.43. The van der Waals surface area contributed by atoms with Crippen molar-refractivity contribution in [2.24, 2.45) is 5.92 Å². The molecule has 23 heavy (non-hydrogen) atoms. The van der Waals surface area contributed by atoms with Crippen LogP contribution in [0.25, 0.3) is 0 Å². The lowest BCUT2D eigenvalue weighted by Crippen LogP contribution is -2.43. The lowest BCUT2D eigenvalue weighted by Gasteiger charge is -2.19. The number of Topliss-reactive ketones (excluding diaryl/α,β-unsaturated/α-hetero) is 1. The summed E-state index contributed by atoms with van der Waals surface area (Å²) >= 11 is 0. The van der Waals surface area contributed by atoms with Crippen molar-refractivity contribution in [3.8, 4) is 0 Å². The van der Waals surface area contributed by atoms with Gasteiger partial charge in [0.1, 0.15) is 5.54 Å². The van der Waals surface area contributed by atoms with Gasteiger partial charge in [-0.1, -0.05) is 32.1 Å². The Morgan fingerprint density at radius 3 is 2.48 bits per heavy atom. The maximum Gasteiger partial charge on any atom is 0.244 e. The molecule has 1 aromatic rings. The first-order valence-corrected chi connectivity index (χ1v) is 7.66. The van der Waals surface area contributed by atoms with Crippen molar-refractivity contribution in [2.45, 2.75) is 38.6 Å². The topological polar surface area (TPSA) is 75.3 Å². The van der Waals surface area contributed by atoms with Crippen LogP contribution in [0.3, 0.4) is 0 Å². The van der Waals surface area contributed by atoms with Gasteiger partial charge in [0.25, 0.3) is 0 Å². The van der Waals surface area contributed by atoms with Crippen molar-refractivity contribution in [3.63, 3.8) is 0 Å². The van der Waals surface area contributed by atoms with E-state index in [1.807, 2.05) is 12.1 Å². The first-order chi connectivity index (χ1) is 10.8. The maximum absolute atomic E-state index is 12.4. The van der Waals surface area contributed by atoms with Crippen LogP contribution in [0.2, 0.25) is 0 Å². The monoisotopic (exact) mass is 314 g/mol. The summed E-state index contributed by atoms with van der Waals surface area (Å²) in [6, 6.07) is 7.37. The molecule has 0 saturated carbocycles. The number of hydrogen-bond acceptors (Lipinski definition) is 3. The molecule has 1 aliphatic heterocycles. The summed E-state index contributed by atoms with van der Waals surface area (Å²) in [6.45, 7) is 9.35. The fourth-order valence-corrected chi connectivity index (χ4v) is 2.69. The molecule has 2 amide bonds. The molecule has 1 saturated heterocycles. The average molecular weight is 314 g/mol. The second-order valence-electron chi connectivity index (χ2n) is 6.38. The van der Waals surface area contributed by atoms with Crippen LogP contribution in [-0.2, 0) is 14.4 Å². The van der Waals surface area contributed by atoms with Crippen LogP contribution < -0.4 is 10.6 Å². The zero-order valence-corrected chi connectivity index (χ0v) is 13.7. The molecule has 0 aromatic heterocycles. The fourth-order valence-electron chi connectivity index (χ4n) is 2.69. The van der Waals surface area contributed by atoms with Gasteiger partial charge in [-0.2, -0.15) is 0 Å². The Balaban J connectivity index is 2.13. The summed E-state index contributed by atoms with van der Waals surface area (Å²) in [7, 11) is 0. The largest absolute Gasteiger partial charge is 0.342 e. The predicted octanol–water partition coefficient (Wildman–Crippen LogP) is 2.40. The van der Waals surface area contributed by atoms with Gasteiger partial charge in [0.15, 0.2) is 11.7 Å². The molecule has 5 heteroatoms. The zero-order valence-electron chi connectivity index (χ0n) is 13.7. The van der Waals surface area contributed by atoms with E-state index < -0.39 is 29.1 Å². The molecule has 0 bridgehead atoms. The molecular weight excluding hydrogens is 292 g/mol. The number of hydrogen-bond donors (Lipinski definition) is 2. The normalized spacial score (nSPS) is 23.7. The Morgan fingerprint density at radius 2 is 1.96 bits per heavy atom. The fraction of sp³-hybridized carbons (Fsp3) is 0.389. The number of carbonyl (C=O) groups is 3. The molecule has 0 spiro atoms. The van der Waals surface area contributed by atoms with Crippen LogP contribution in [0.1, 0.15) is 38.7 Å². The summed E-state index contributed by atoms with van der Waals surface area (Å²) in [5, 5.41) is 5.25. The Bertz CT molecular complexity index is 649. The van der Waals surface area contributed by atoms with E-state index in [1.54, 1.807) is 25.1 Å². The SMILES string of the molecule is C=CCC1(C)NC(=O)C(C(=O)Nc2ccc(C(C)C)cc2)C1=O. The number of ketones is 1. The Kier molecular flexibility index (Phi) is 4.68. The molecule has 2 rings (SSSR count). The minimum absolute atomic E-state index is 0.296. The second-order valence-corrected chi connectivity index (χ2v) is 6.38. The third-order valence-electron chi connectivity index (χ3n) is 4.13. The van der Waals surface area contributed by atoms with Crippen molar-refractivity contribution in [1.29, 1.82) is 0 Å². The predicted molar refractivity (Wildman–Crippen MR) is 89.0 cm³/mol. The van der Waals surface area contributed by atoms with Gasteiger partial charge in [0.2, 0.25) is 11.8 Å². The Labute approximate surface area is 136 Å². The molecule has 0 radical (unpaired) electrons. The van der Waals surface area contributed by atoms with Gasteiger partial charge in [-0.3, -0.25) is 14.4 Å². The van der Waals surface area contributed by atoms with Gasteiger partial charge in [-0.15, -0.1) is 6.58 Å². The molecule has 2 N–H and O–H groups in total. The molecule has 5 nitrogen and oxygen atoms in total. The standard InChI is InChI=1S/C18H22N2O3/c1-5-10-18(4)15(21)14(17(23)20-18)16(22)19-13-8-6-12(7-9-13)11(2)3/h5-9,11,14H,1,10H2,2-4H3,(H,19,22)(H,20,23). The van der Waals surface area contributed by atoms with Gasteiger partial charge < -0.3 is 10.6 Å². The van der Waals surface area contributed by atoms with Crippen molar-refractivity contribution in [3.05, 3.63) is 42.5 Å². The highest BCUT2D eigenvalue weighted by atomic mass is 16.2. The second kappa shape index (κ2) is 6.36. The van der Waals surface area contributed by atoms with Crippen LogP contribution in [-0.4, -0.2) is 23.1 Å². The number of carbonyl (C=O) groups excluding carboxylic acids is 3. The van der Waals surface area contributed by atoms with E-state index in [-0.39, 0.29) is 0 Å². The Morgan fingerprint density at radius 1 is 1.35 bits per heavy atom. The first-order valence-electron chi connectivity index (χ1n) is 7.66. The van der Waals surface area contributed by atoms with E-state index in [2.05, 4.69) is 31.1 Å². The molecule has 1 heterocycles. The summed E-state index contributed by atoms with van der Waals surface area (Å²) in [5.74, 6) is -2.50. The van der Waals surface area contributed by atoms with Gasteiger partial charge in [-0.25, -0.2) is 0 Å². The van der Waals surface area contributed by atoms with Crippen LogP contribution in [0.15, 0.2) is 36.9 Å². The smallest absolute Gasteiger partial charge is 0.244 e. The van der Waals surface area contributed by atoms with Gasteiger partial charge >= 0.3 is 0 Å². The quantitative estimate of drug-likeness (QED) is 0.647. The van der Waals surface area contributed by atoms with Gasteiger partial charge in [0.05, 0.1) is 0 Å². The number of nitrogens with one attached hydrogen (secondary N) is 2.